The molecule has 2 rings (SSSR count). The lowest BCUT2D eigenvalue weighted by Crippen LogP contribution is -2.24. The zero-order valence-electron chi connectivity index (χ0n) is 12.2. The van der Waals surface area contributed by atoms with Gasteiger partial charge in [0.05, 0.1) is 16.8 Å². The van der Waals surface area contributed by atoms with Crippen LogP contribution >= 0.6 is 11.6 Å². The normalized spacial score (nSPS) is 10.3. The van der Waals surface area contributed by atoms with Crippen molar-refractivity contribution in [3.8, 4) is 23.3 Å². The third-order valence-corrected chi connectivity index (χ3v) is 3.12. The predicted molar refractivity (Wildman–Crippen MR) is 87.2 cm³/mol. The smallest absolute Gasteiger partial charge is 0.277 e. The molecule has 0 aliphatic carbocycles. The van der Waals surface area contributed by atoms with Gasteiger partial charge in [0.25, 0.3) is 5.91 Å². The van der Waals surface area contributed by atoms with Crippen LogP contribution < -0.4 is 10.2 Å². The van der Waals surface area contributed by atoms with Crippen molar-refractivity contribution in [1.82, 2.24) is 5.43 Å². The lowest BCUT2D eigenvalue weighted by Gasteiger charge is -2.06. The molecule has 0 radical (unpaired) electrons. The second-order valence-electron chi connectivity index (χ2n) is 4.56. The molecule has 0 spiro atoms. The largest absolute Gasteiger partial charge is 0.504 e. The second kappa shape index (κ2) is 7.85. The van der Waals surface area contributed by atoms with E-state index in [2.05, 4.69) is 10.5 Å². The Balaban J connectivity index is 1.90. The lowest BCUT2D eigenvalue weighted by atomic mass is 10.2. The monoisotopic (exact) mass is 345 g/mol. The van der Waals surface area contributed by atoms with Crippen LogP contribution in [0.2, 0.25) is 5.02 Å². The average Bonchev–Trinajstić information content (AvgIpc) is 2.58. The number of hydrogen-bond donors (Lipinski definition) is 3. The first kappa shape index (κ1) is 17.1. The number of carbonyl (C=O) groups is 1. The summed E-state index contributed by atoms with van der Waals surface area (Å²) >= 11 is 5.70. The SMILES string of the molecule is N#Cc1ccccc1OCC(=O)N/N=C/c1cc(O)c(O)c(Cl)c1. The Morgan fingerprint density at radius 1 is 1.38 bits per heavy atom. The number of aromatic hydroxyl groups is 2. The molecule has 0 aromatic heterocycles. The molecule has 0 aliphatic rings. The number of amides is 1. The van der Waals surface area contributed by atoms with Crippen LogP contribution in [0, 0.1) is 11.3 Å². The number of para-hydroxylation sites is 1. The van der Waals surface area contributed by atoms with Gasteiger partial charge in [-0.2, -0.15) is 10.4 Å². The van der Waals surface area contributed by atoms with Crippen LogP contribution in [0.15, 0.2) is 41.5 Å². The lowest BCUT2D eigenvalue weighted by molar-refractivity contribution is -0.123. The van der Waals surface area contributed by atoms with E-state index >= 15 is 0 Å². The van der Waals surface area contributed by atoms with Crippen molar-refractivity contribution < 1.29 is 19.7 Å². The first-order valence-electron chi connectivity index (χ1n) is 6.66. The summed E-state index contributed by atoms with van der Waals surface area (Å²) in [5, 5.41) is 31.3. The molecule has 122 valence electrons. The van der Waals surface area contributed by atoms with Gasteiger partial charge in [-0.05, 0) is 29.8 Å². The molecule has 0 aliphatic heterocycles. The van der Waals surface area contributed by atoms with Crippen molar-refractivity contribution in [3.63, 3.8) is 0 Å². The average molecular weight is 346 g/mol. The molecule has 0 saturated heterocycles. The maximum atomic E-state index is 11.6. The molecule has 7 nitrogen and oxygen atoms in total. The fourth-order valence-electron chi connectivity index (χ4n) is 1.72. The maximum Gasteiger partial charge on any atom is 0.277 e. The van der Waals surface area contributed by atoms with E-state index < -0.39 is 17.4 Å². The Morgan fingerprint density at radius 2 is 2.12 bits per heavy atom. The number of nitrogens with zero attached hydrogens (tertiary/aromatic N) is 2. The summed E-state index contributed by atoms with van der Waals surface area (Å²) in [5.41, 5.74) is 2.93. The number of ether oxygens (including phenoxy) is 1. The molecule has 2 aromatic rings. The third-order valence-electron chi connectivity index (χ3n) is 2.83. The molecule has 0 unspecified atom stereocenters. The number of halogens is 1. The van der Waals surface area contributed by atoms with Crippen molar-refractivity contribution in [2.75, 3.05) is 6.61 Å². The van der Waals surface area contributed by atoms with Crippen LogP contribution in [0.4, 0.5) is 0 Å². The van der Waals surface area contributed by atoms with E-state index in [1.807, 2.05) is 6.07 Å². The second-order valence-corrected chi connectivity index (χ2v) is 4.97. The summed E-state index contributed by atoms with van der Waals surface area (Å²) in [4.78, 5) is 11.6. The highest BCUT2D eigenvalue weighted by Crippen LogP contribution is 2.33. The molecule has 2 aromatic carbocycles. The summed E-state index contributed by atoms with van der Waals surface area (Å²) in [5.74, 6) is -1.06. The molecule has 0 bridgehead atoms. The van der Waals surface area contributed by atoms with E-state index in [-0.39, 0.29) is 11.6 Å². The predicted octanol–water partition coefficient (Wildman–Crippen LogP) is 2.15. The van der Waals surface area contributed by atoms with E-state index in [0.29, 0.717) is 16.9 Å². The van der Waals surface area contributed by atoms with Gasteiger partial charge in [-0.25, -0.2) is 5.43 Å². The number of phenolic OH excluding ortho intramolecular Hbond substituents is 2. The Hall–Kier alpha value is -3.24. The van der Waals surface area contributed by atoms with Gasteiger partial charge in [-0.3, -0.25) is 4.79 Å². The first-order valence-corrected chi connectivity index (χ1v) is 7.04. The minimum Gasteiger partial charge on any atom is -0.504 e. The van der Waals surface area contributed by atoms with Gasteiger partial charge in [0.1, 0.15) is 11.8 Å². The van der Waals surface area contributed by atoms with Crippen LogP contribution in [-0.4, -0.2) is 28.9 Å². The summed E-state index contributed by atoms with van der Waals surface area (Å²) in [7, 11) is 0. The van der Waals surface area contributed by atoms with Crippen molar-refractivity contribution in [1.29, 1.82) is 5.26 Å². The molecular weight excluding hydrogens is 334 g/mol. The third kappa shape index (κ3) is 4.38. The van der Waals surface area contributed by atoms with E-state index in [0.717, 1.165) is 0 Å². The fraction of sp³-hybridized carbons (Fsp3) is 0.0625. The summed E-state index contributed by atoms with van der Waals surface area (Å²) in [6.45, 7) is -0.322. The minimum atomic E-state index is -0.534. The molecule has 1 amide bonds. The number of phenols is 2. The molecule has 0 atom stereocenters. The molecule has 24 heavy (non-hydrogen) atoms. The van der Waals surface area contributed by atoms with Crippen LogP contribution in [-0.2, 0) is 4.79 Å². The van der Waals surface area contributed by atoms with Crippen molar-refractivity contribution in [3.05, 3.63) is 52.5 Å². The zero-order chi connectivity index (χ0) is 17.5. The number of hydrogen-bond acceptors (Lipinski definition) is 6. The van der Waals surface area contributed by atoms with Crippen LogP contribution in [0.25, 0.3) is 0 Å². The topological polar surface area (TPSA) is 115 Å². The van der Waals surface area contributed by atoms with Gasteiger partial charge >= 0.3 is 0 Å². The highest BCUT2D eigenvalue weighted by Gasteiger charge is 2.07. The highest BCUT2D eigenvalue weighted by molar-refractivity contribution is 6.32. The molecular formula is C16H12ClN3O4. The van der Waals surface area contributed by atoms with E-state index in [1.165, 1.54) is 18.3 Å². The Morgan fingerprint density at radius 3 is 2.83 bits per heavy atom. The number of nitrogens with one attached hydrogen (secondary N) is 1. The zero-order valence-corrected chi connectivity index (χ0v) is 13.0. The maximum absolute atomic E-state index is 11.6. The number of rotatable bonds is 5. The Labute approximate surface area is 142 Å². The molecule has 8 heteroatoms. The van der Waals surface area contributed by atoms with E-state index in [4.69, 9.17) is 21.6 Å². The van der Waals surface area contributed by atoms with E-state index in [1.54, 1.807) is 24.3 Å². The molecule has 0 fully saturated rings. The minimum absolute atomic E-state index is 0.0424. The number of benzene rings is 2. The van der Waals surface area contributed by atoms with Crippen LogP contribution in [0.1, 0.15) is 11.1 Å². The van der Waals surface area contributed by atoms with Gasteiger partial charge in [-0.15, -0.1) is 0 Å². The van der Waals surface area contributed by atoms with Gasteiger partial charge < -0.3 is 14.9 Å². The first-order chi connectivity index (χ1) is 11.5. The van der Waals surface area contributed by atoms with Crippen LogP contribution in [0.5, 0.6) is 17.2 Å². The summed E-state index contributed by atoms with van der Waals surface area (Å²) in [6, 6.07) is 11.1. The number of carbonyl (C=O) groups excluding carboxylic acids is 1. The quantitative estimate of drug-likeness (QED) is 0.436. The Bertz CT molecular complexity index is 807. The number of hydrazone groups is 1. The van der Waals surface area contributed by atoms with Crippen molar-refractivity contribution >= 4 is 23.7 Å². The molecule has 0 heterocycles. The standard InChI is InChI=1S/C16H12ClN3O4/c17-12-5-10(6-13(21)16(12)23)8-19-20-15(22)9-24-14-4-2-1-3-11(14)7-18/h1-6,8,21,23H,9H2,(H,20,22)/b19-8+. The molecule has 0 saturated carbocycles. The molecule has 3 N–H and O–H groups in total. The van der Waals surface area contributed by atoms with Gasteiger partial charge in [0.2, 0.25) is 0 Å². The highest BCUT2D eigenvalue weighted by atomic mass is 35.5. The number of nitriles is 1. The van der Waals surface area contributed by atoms with Gasteiger partial charge in [0.15, 0.2) is 18.1 Å². The van der Waals surface area contributed by atoms with Gasteiger partial charge in [-0.1, -0.05) is 23.7 Å². The van der Waals surface area contributed by atoms with Crippen molar-refractivity contribution in [2.45, 2.75) is 0 Å². The fourth-order valence-corrected chi connectivity index (χ4v) is 1.94. The summed E-state index contributed by atoms with van der Waals surface area (Å²) in [6.07, 6.45) is 1.24. The van der Waals surface area contributed by atoms with Gasteiger partial charge in [0, 0.05) is 0 Å². The van der Waals surface area contributed by atoms with Crippen LogP contribution in [0.3, 0.4) is 0 Å². The Kier molecular flexibility index (Phi) is 5.60. The van der Waals surface area contributed by atoms with E-state index in [9.17, 15) is 15.0 Å². The summed E-state index contributed by atoms with van der Waals surface area (Å²) < 4.78 is 5.24. The van der Waals surface area contributed by atoms with Crippen molar-refractivity contribution in [2.24, 2.45) is 5.10 Å².